The van der Waals surface area contributed by atoms with Crippen molar-refractivity contribution in [3.63, 3.8) is 0 Å². The maximum atomic E-state index is 12.7. The zero-order valence-electron chi connectivity index (χ0n) is 17.8. The zero-order valence-corrected chi connectivity index (χ0v) is 17.8. The van der Waals surface area contributed by atoms with E-state index in [0.29, 0.717) is 18.2 Å². The van der Waals surface area contributed by atoms with Gasteiger partial charge in [-0.25, -0.2) is 4.79 Å². The van der Waals surface area contributed by atoms with E-state index in [4.69, 9.17) is 9.47 Å². The first kappa shape index (κ1) is 19.7. The SMILES string of the molecule is COC1CCC(NC(=O)N2CCC(n3ncc4cc(OC5CC5)ccc43)CC2)CC1. The summed E-state index contributed by atoms with van der Waals surface area (Å²) in [5.74, 6) is 0.940. The summed E-state index contributed by atoms with van der Waals surface area (Å²) < 4.78 is 13.5. The Hall–Kier alpha value is -2.28. The van der Waals surface area contributed by atoms with E-state index in [-0.39, 0.29) is 12.1 Å². The van der Waals surface area contributed by atoms with Gasteiger partial charge in [-0.15, -0.1) is 0 Å². The van der Waals surface area contributed by atoms with Gasteiger partial charge in [0.05, 0.1) is 30.0 Å². The summed E-state index contributed by atoms with van der Waals surface area (Å²) in [5, 5.41) is 9.02. The molecule has 2 heterocycles. The van der Waals surface area contributed by atoms with Crippen LogP contribution in [0.15, 0.2) is 24.4 Å². The quantitative estimate of drug-likeness (QED) is 0.809. The third kappa shape index (κ3) is 4.26. The molecule has 2 aromatic rings. The number of fused-ring (bicyclic) bond motifs is 1. The van der Waals surface area contributed by atoms with E-state index < -0.39 is 0 Å². The number of hydrogen-bond acceptors (Lipinski definition) is 4. The Balaban J connectivity index is 1.15. The molecular weight excluding hydrogens is 380 g/mol. The number of carbonyl (C=O) groups is 1. The number of aromatic nitrogens is 2. The molecule has 5 rings (SSSR count). The smallest absolute Gasteiger partial charge is 0.317 e. The number of carbonyl (C=O) groups excluding carboxylic acids is 1. The van der Waals surface area contributed by atoms with Gasteiger partial charge in [-0.05, 0) is 69.6 Å². The fourth-order valence-electron chi connectivity index (χ4n) is 4.80. The van der Waals surface area contributed by atoms with Crippen molar-refractivity contribution in [2.24, 2.45) is 0 Å². The molecule has 0 atom stereocenters. The second-order valence-corrected chi connectivity index (χ2v) is 9.00. The normalized spacial score (nSPS) is 25.4. The molecule has 1 aliphatic heterocycles. The molecule has 0 unspecified atom stereocenters. The van der Waals surface area contributed by atoms with E-state index >= 15 is 0 Å². The number of rotatable bonds is 5. The summed E-state index contributed by atoms with van der Waals surface area (Å²) in [4.78, 5) is 14.7. The van der Waals surface area contributed by atoms with Crippen LogP contribution in [0.4, 0.5) is 4.79 Å². The van der Waals surface area contributed by atoms with Gasteiger partial charge in [0.25, 0.3) is 0 Å². The summed E-state index contributed by atoms with van der Waals surface area (Å²) in [6, 6.07) is 6.97. The minimum absolute atomic E-state index is 0.0847. The first-order valence-electron chi connectivity index (χ1n) is 11.4. The molecule has 1 saturated heterocycles. The van der Waals surface area contributed by atoms with Crippen molar-refractivity contribution >= 4 is 16.9 Å². The summed E-state index contributed by atoms with van der Waals surface area (Å²) in [7, 11) is 1.78. The second kappa shape index (κ2) is 8.46. The topological polar surface area (TPSA) is 68.6 Å². The van der Waals surface area contributed by atoms with Crippen LogP contribution in [-0.2, 0) is 4.74 Å². The molecule has 7 heteroatoms. The van der Waals surface area contributed by atoms with Crippen LogP contribution in [0.3, 0.4) is 0 Å². The number of benzene rings is 1. The van der Waals surface area contributed by atoms with E-state index in [9.17, 15) is 4.79 Å². The van der Waals surface area contributed by atoms with Crippen LogP contribution in [0.2, 0.25) is 0 Å². The zero-order chi connectivity index (χ0) is 20.5. The number of nitrogens with one attached hydrogen (secondary N) is 1. The van der Waals surface area contributed by atoms with Crippen LogP contribution in [-0.4, -0.2) is 59.2 Å². The molecule has 2 saturated carbocycles. The Morgan fingerprint density at radius 2 is 1.77 bits per heavy atom. The second-order valence-electron chi connectivity index (χ2n) is 9.00. The van der Waals surface area contributed by atoms with Crippen molar-refractivity contribution in [3.8, 4) is 5.75 Å². The minimum Gasteiger partial charge on any atom is -0.490 e. The van der Waals surface area contributed by atoms with Gasteiger partial charge in [0.1, 0.15) is 5.75 Å². The molecule has 0 spiro atoms. The van der Waals surface area contributed by atoms with Gasteiger partial charge in [-0.3, -0.25) is 4.68 Å². The maximum absolute atomic E-state index is 12.7. The Bertz CT molecular complexity index is 878. The molecule has 162 valence electrons. The molecule has 30 heavy (non-hydrogen) atoms. The molecule has 2 aliphatic carbocycles. The van der Waals surface area contributed by atoms with Crippen LogP contribution in [0, 0.1) is 0 Å². The van der Waals surface area contributed by atoms with Gasteiger partial charge in [-0.2, -0.15) is 5.10 Å². The van der Waals surface area contributed by atoms with Crippen molar-refractivity contribution in [3.05, 3.63) is 24.4 Å². The fraction of sp³-hybridized carbons (Fsp3) is 0.652. The highest BCUT2D eigenvalue weighted by Crippen LogP contribution is 2.31. The van der Waals surface area contributed by atoms with Crippen molar-refractivity contribution in [1.29, 1.82) is 0 Å². The molecular formula is C23H32N4O3. The summed E-state index contributed by atoms with van der Waals surface area (Å²) in [6.07, 6.45) is 11.0. The van der Waals surface area contributed by atoms with Gasteiger partial charge in [0.15, 0.2) is 0 Å². The standard InChI is InChI=1S/C23H32N4O3/c1-29-19-4-2-17(3-5-19)25-23(28)26-12-10-18(11-13-26)27-22-9-8-21(30-20-6-7-20)14-16(22)15-24-27/h8-9,14-15,17-20H,2-7,10-13H2,1H3,(H,25,28). The highest BCUT2D eigenvalue weighted by molar-refractivity contribution is 5.80. The van der Waals surface area contributed by atoms with Crippen molar-refractivity contribution in [2.75, 3.05) is 20.2 Å². The highest BCUT2D eigenvalue weighted by Gasteiger charge is 2.28. The van der Waals surface area contributed by atoms with Crippen LogP contribution < -0.4 is 10.1 Å². The largest absolute Gasteiger partial charge is 0.490 e. The van der Waals surface area contributed by atoms with Crippen molar-refractivity contribution in [2.45, 2.75) is 75.7 Å². The third-order valence-corrected chi connectivity index (χ3v) is 6.83. The number of hydrogen-bond donors (Lipinski definition) is 1. The van der Waals surface area contributed by atoms with Gasteiger partial charge in [0.2, 0.25) is 0 Å². The van der Waals surface area contributed by atoms with Crippen molar-refractivity contribution < 1.29 is 14.3 Å². The number of methoxy groups -OCH3 is 1. The Kier molecular flexibility index (Phi) is 5.54. The summed E-state index contributed by atoms with van der Waals surface area (Å²) in [5.41, 5.74) is 1.15. The minimum atomic E-state index is 0.0847. The maximum Gasteiger partial charge on any atom is 0.317 e. The van der Waals surface area contributed by atoms with E-state index in [0.717, 1.165) is 81.1 Å². The first-order valence-corrected chi connectivity index (χ1v) is 11.4. The lowest BCUT2D eigenvalue weighted by Crippen LogP contribution is -2.49. The Morgan fingerprint density at radius 3 is 2.47 bits per heavy atom. The number of piperidine rings is 1. The van der Waals surface area contributed by atoms with E-state index in [1.165, 1.54) is 0 Å². The molecule has 1 N–H and O–H groups in total. The average Bonchev–Trinajstić information content (AvgIpc) is 3.50. The summed E-state index contributed by atoms with van der Waals surface area (Å²) in [6.45, 7) is 1.54. The van der Waals surface area contributed by atoms with E-state index in [2.05, 4.69) is 33.3 Å². The lowest BCUT2D eigenvalue weighted by molar-refractivity contribution is 0.0624. The predicted octanol–water partition coefficient (Wildman–Crippen LogP) is 3.88. The van der Waals surface area contributed by atoms with Gasteiger partial charge in [-0.1, -0.05) is 0 Å². The average molecular weight is 413 g/mol. The molecule has 1 aromatic heterocycles. The highest BCUT2D eigenvalue weighted by atomic mass is 16.5. The van der Waals surface area contributed by atoms with Gasteiger partial charge in [0, 0.05) is 31.6 Å². The number of amides is 2. The third-order valence-electron chi connectivity index (χ3n) is 6.83. The lowest BCUT2D eigenvalue weighted by Gasteiger charge is -2.35. The predicted molar refractivity (Wildman–Crippen MR) is 115 cm³/mol. The molecule has 0 radical (unpaired) electrons. The molecule has 7 nitrogen and oxygen atoms in total. The van der Waals surface area contributed by atoms with Gasteiger partial charge < -0.3 is 19.7 Å². The molecule has 2 amide bonds. The molecule has 3 fully saturated rings. The van der Waals surface area contributed by atoms with Crippen LogP contribution in [0.25, 0.3) is 10.9 Å². The number of nitrogens with zero attached hydrogens (tertiary/aromatic N) is 3. The summed E-state index contributed by atoms with van der Waals surface area (Å²) >= 11 is 0. The van der Waals surface area contributed by atoms with Gasteiger partial charge >= 0.3 is 6.03 Å². The van der Waals surface area contributed by atoms with E-state index in [1.807, 2.05) is 11.1 Å². The van der Waals surface area contributed by atoms with E-state index in [1.54, 1.807) is 7.11 Å². The van der Waals surface area contributed by atoms with Crippen LogP contribution in [0.1, 0.15) is 57.4 Å². The molecule has 3 aliphatic rings. The van der Waals surface area contributed by atoms with Crippen LogP contribution >= 0.6 is 0 Å². The van der Waals surface area contributed by atoms with Crippen molar-refractivity contribution in [1.82, 2.24) is 20.0 Å². The fourth-order valence-corrected chi connectivity index (χ4v) is 4.80. The number of ether oxygens (including phenoxy) is 2. The Morgan fingerprint density at radius 1 is 1.03 bits per heavy atom. The number of urea groups is 1. The molecule has 0 bridgehead atoms. The Labute approximate surface area is 177 Å². The lowest BCUT2D eigenvalue weighted by atomic mass is 9.93. The van der Waals surface area contributed by atoms with Crippen LogP contribution in [0.5, 0.6) is 5.75 Å². The first-order chi connectivity index (χ1) is 14.7. The number of likely N-dealkylation sites (tertiary alicyclic amines) is 1. The monoisotopic (exact) mass is 412 g/mol. The molecule has 1 aromatic carbocycles.